The number of amides is 1. The zero-order valence-electron chi connectivity index (χ0n) is 11.2. The average molecular weight is 321 g/mol. The predicted octanol–water partition coefficient (Wildman–Crippen LogP) is 0.581. The number of likely N-dealkylation sites (N-methyl/N-ethyl adjacent to an activating group) is 1. The molecule has 0 aromatic carbocycles. The fourth-order valence-corrected chi connectivity index (χ4v) is 2.52. The maximum atomic E-state index is 11.9. The van der Waals surface area contributed by atoms with Gasteiger partial charge in [0.15, 0.2) is 0 Å². The third kappa shape index (κ3) is 4.62. The van der Waals surface area contributed by atoms with Crippen LogP contribution in [-0.2, 0) is 14.8 Å². The van der Waals surface area contributed by atoms with E-state index in [1.165, 1.54) is 19.3 Å². The average Bonchev–Trinajstić information content (AvgIpc) is 2.43. The summed E-state index contributed by atoms with van der Waals surface area (Å²) >= 11 is 5.96. The molecule has 0 saturated heterocycles. The van der Waals surface area contributed by atoms with Crippen molar-refractivity contribution < 1.29 is 13.2 Å². The highest BCUT2D eigenvalue weighted by atomic mass is 35.5. The lowest BCUT2D eigenvalue weighted by Crippen LogP contribution is -2.35. The molecule has 1 aromatic heterocycles. The van der Waals surface area contributed by atoms with Crippen molar-refractivity contribution in [2.45, 2.75) is 18.2 Å². The van der Waals surface area contributed by atoms with Gasteiger partial charge in [-0.1, -0.05) is 18.5 Å². The van der Waals surface area contributed by atoms with Gasteiger partial charge >= 0.3 is 0 Å². The monoisotopic (exact) mass is 320 g/mol. The number of nitrogens with one attached hydrogen (secondary N) is 3. The smallest absolute Gasteiger partial charge is 0.242 e. The number of carbonyl (C=O) groups excluding carboxylic acids is 1. The van der Waals surface area contributed by atoms with Crippen LogP contribution in [0.2, 0.25) is 5.02 Å². The third-order valence-corrected chi connectivity index (χ3v) is 4.03. The minimum Gasteiger partial charge on any atom is -0.369 e. The number of rotatable bonds is 7. The largest absolute Gasteiger partial charge is 0.369 e. The first-order valence-corrected chi connectivity index (χ1v) is 7.86. The van der Waals surface area contributed by atoms with E-state index in [4.69, 9.17) is 11.6 Å². The summed E-state index contributed by atoms with van der Waals surface area (Å²) in [5.41, 5.74) is 0. The van der Waals surface area contributed by atoms with Crippen molar-refractivity contribution >= 4 is 33.3 Å². The van der Waals surface area contributed by atoms with Crippen LogP contribution in [0, 0.1) is 0 Å². The number of hydrogen-bond acceptors (Lipinski definition) is 5. The minimum absolute atomic E-state index is 0.0894. The van der Waals surface area contributed by atoms with Crippen molar-refractivity contribution in [1.29, 1.82) is 0 Å². The van der Waals surface area contributed by atoms with Gasteiger partial charge in [-0.2, -0.15) is 0 Å². The van der Waals surface area contributed by atoms with Crippen molar-refractivity contribution in [3.8, 4) is 0 Å². The maximum Gasteiger partial charge on any atom is 0.242 e. The molecule has 112 valence electrons. The van der Waals surface area contributed by atoms with Crippen LogP contribution in [0.1, 0.15) is 13.3 Å². The Balaban J connectivity index is 2.85. The Morgan fingerprint density at radius 1 is 1.45 bits per heavy atom. The van der Waals surface area contributed by atoms with Crippen molar-refractivity contribution in [1.82, 2.24) is 15.0 Å². The van der Waals surface area contributed by atoms with E-state index >= 15 is 0 Å². The maximum absolute atomic E-state index is 11.9. The van der Waals surface area contributed by atoms with Crippen LogP contribution in [0.25, 0.3) is 0 Å². The fraction of sp³-hybridized carbons (Fsp3) is 0.455. The molecule has 0 bridgehead atoms. The summed E-state index contributed by atoms with van der Waals surface area (Å²) in [6.07, 6.45) is 2.09. The first kappa shape index (κ1) is 16.7. The summed E-state index contributed by atoms with van der Waals surface area (Å²) < 4.78 is 26.0. The lowest BCUT2D eigenvalue weighted by molar-refractivity contribution is -0.119. The summed E-state index contributed by atoms with van der Waals surface area (Å²) in [6, 6.07) is 1.29. The number of halogens is 1. The molecule has 0 aliphatic heterocycles. The second-order valence-electron chi connectivity index (χ2n) is 3.93. The first-order valence-electron chi connectivity index (χ1n) is 6.00. The summed E-state index contributed by atoms with van der Waals surface area (Å²) in [4.78, 5) is 14.9. The molecular weight excluding hydrogens is 304 g/mol. The minimum atomic E-state index is -3.81. The van der Waals surface area contributed by atoms with Gasteiger partial charge in [0.1, 0.15) is 10.7 Å². The predicted molar refractivity (Wildman–Crippen MR) is 77.3 cm³/mol. The summed E-state index contributed by atoms with van der Waals surface area (Å²) in [5, 5.41) is 5.50. The molecule has 0 aliphatic rings. The Bertz CT molecular complexity index is 577. The van der Waals surface area contributed by atoms with Gasteiger partial charge in [0.2, 0.25) is 15.9 Å². The quantitative estimate of drug-likeness (QED) is 0.682. The van der Waals surface area contributed by atoms with E-state index in [2.05, 4.69) is 20.3 Å². The molecule has 1 aromatic rings. The van der Waals surface area contributed by atoms with E-state index in [1.807, 2.05) is 6.92 Å². The van der Waals surface area contributed by atoms with Gasteiger partial charge < -0.3 is 10.6 Å². The van der Waals surface area contributed by atoms with Gasteiger partial charge in [0, 0.05) is 19.8 Å². The summed E-state index contributed by atoms with van der Waals surface area (Å²) in [6.45, 7) is 2.34. The zero-order valence-corrected chi connectivity index (χ0v) is 12.8. The third-order valence-electron chi connectivity index (χ3n) is 2.37. The van der Waals surface area contributed by atoms with Gasteiger partial charge in [-0.3, -0.25) is 4.79 Å². The highest BCUT2D eigenvalue weighted by Gasteiger charge is 2.17. The van der Waals surface area contributed by atoms with E-state index in [-0.39, 0.29) is 16.5 Å². The van der Waals surface area contributed by atoms with Gasteiger partial charge in [-0.25, -0.2) is 18.1 Å². The molecule has 20 heavy (non-hydrogen) atoms. The number of pyridine rings is 1. The highest BCUT2D eigenvalue weighted by Crippen LogP contribution is 2.22. The molecule has 0 saturated carbocycles. The molecule has 0 fully saturated rings. The first-order chi connectivity index (χ1) is 9.40. The second kappa shape index (κ2) is 7.41. The van der Waals surface area contributed by atoms with E-state index in [9.17, 15) is 13.2 Å². The van der Waals surface area contributed by atoms with Gasteiger partial charge in [-0.15, -0.1) is 0 Å². The second-order valence-corrected chi connectivity index (χ2v) is 6.10. The van der Waals surface area contributed by atoms with E-state index < -0.39 is 15.9 Å². The van der Waals surface area contributed by atoms with Crippen molar-refractivity contribution in [2.75, 3.05) is 25.5 Å². The Morgan fingerprint density at radius 3 is 2.70 bits per heavy atom. The van der Waals surface area contributed by atoms with Crippen molar-refractivity contribution in [2.24, 2.45) is 0 Å². The standard InChI is InChI=1S/C11H17ClN4O3S/c1-3-4-14-11-9(12)5-8(6-15-11)20(18,19)16-7-10(17)13-2/h5-6,16H,3-4,7H2,1-2H3,(H,13,17)(H,14,15). The molecule has 3 N–H and O–H groups in total. The van der Waals surface area contributed by atoms with Crippen LogP contribution in [-0.4, -0.2) is 39.4 Å². The fourth-order valence-electron chi connectivity index (χ4n) is 1.27. The molecular formula is C11H17ClN4O3S. The number of hydrogen-bond donors (Lipinski definition) is 3. The van der Waals surface area contributed by atoms with Crippen LogP contribution in [0.5, 0.6) is 0 Å². The molecule has 0 radical (unpaired) electrons. The Morgan fingerprint density at radius 2 is 2.15 bits per heavy atom. The Kier molecular flexibility index (Phi) is 6.18. The molecule has 1 heterocycles. The molecule has 0 spiro atoms. The topological polar surface area (TPSA) is 100 Å². The molecule has 1 amide bonds. The highest BCUT2D eigenvalue weighted by molar-refractivity contribution is 7.89. The van der Waals surface area contributed by atoms with Gasteiger partial charge in [-0.05, 0) is 12.5 Å². The van der Waals surface area contributed by atoms with E-state index in [0.29, 0.717) is 12.4 Å². The SMILES string of the molecule is CCCNc1ncc(S(=O)(=O)NCC(=O)NC)cc1Cl. The van der Waals surface area contributed by atoms with Gasteiger partial charge in [0.05, 0.1) is 11.6 Å². The zero-order chi connectivity index (χ0) is 15.2. The summed E-state index contributed by atoms with van der Waals surface area (Å²) in [5.74, 6) is -0.00682. The lowest BCUT2D eigenvalue weighted by Gasteiger charge is -2.09. The Hall–Kier alpha value is -1.38. The molecule has 0 atom stereocenters. The van der Waals surface area contributed by atoms with Crippen LogP contribution < -0.4 is 15.4 Å². The number of nitrogens with zero attached hydrogens (tertiary/aromatic N) is 1. The van der Waals surface area contributed by atoms with Crippen LogP contribution >= 0.6 is 11.6 Å². The van der Waals surface area contributed by atoms with Crippen LogP contribution in [0.3, 0.4) is 0 Å². The molecule has 1 rings (SSSR count). The summed E-state index contributed by atoms with van der Waals surface area (Å²) in [7, 11) is -2.39. The molecule has 0 aliphatic carbocycles. The Labute approximate surface area is 123 Å². The number of sulfonamides is 1. The van der Waals surface area contributed by atoms with Crippen molar-refractivity contribution in [3.05, 3.63) is 17.3 Å². The van der Waals surface area contributed by atoms with Crippen LogP contribution in [0.4, 0.5) is 5.82 Å². The molecule has 9 heteroatoms. The molecule has 0 unspecified atom stereocenters. The van der Waals surface area contributed by atoms with E-state index in [1.54, 1.807) is 0 Å². The van der Waals surface area contributed by atoms with E-state index in [0.717, 1.165) is 6.42 Å². The normalized spacial score (nSPS) is 11.2. The number of anilines is 1. The number of carbonyl (C=O) groups is 1. The van der Waals surface area contributed by atoms with Crippen LogP contribution in [0.15, 0.2) is 17.2 Å². The van der Waals surface area contributed by atoms with Crippen molar-refractivity contribution in [3.63, 3.8) is 0 Å². The number of aromatic nitrogens is 1. The molecule has 7 nitrogen and oxygen atoms in total. The van der Waals surface area contributed by atoms with Gasteiger partial charge in [0.25, 0.3) is 0 Å². The lowest BCUT2D eigenvalue weighted by atomic mass is 10.4.